The Kier molecular flexibility index (Phi) is 4.70. The topological polar surface area (TPSA) is 71.3 Å². The van der Waals surface area contributed by atoms with E-state index in [1.807, 2.05) is 0 Å². The lowest BCUT2D eigenvalue weighted by atomic mass is 10.2. The molecule has 0 unspecified atom stereocenters. The van der Waals surface area contributed by atoms with E-state index in [1.54, 1.807) is 31.2 Å². The number of amides is 1. The number of nitrogens with one attached hydrogen (secondary N) is 1. The first-order valence-corrected chi connectivity index (χ1v) is 6.72. The molecule has 2 rings (SSSR count). The summed E-state index contributed by atoms with van der Waals surface area (Å²) in [5.41, 5.74) is 3.23. The van der Waals surface area contributed by atoms with Gasteiger partial charge in [0.25, 0.3) is 5.22 Å². The number of benzene rings is 1. The van der Waals surface area contributed by atoms with Gasteiger partial charge in [0.1, 0.15) is 5.82 Å². The minimum Gasteiger partial charge on any atom is -0.411 e. The number of hydrogen-bond donors (Lipinski definition) is 1. The van der Waals surface area contributed by atoms with E-state index >= 15 is 0 Å². The molecule has 0 saturated heterocycles. The van der Waals surface area contributed by atoms with Crippen molar-refractivity contribution in [3.63, 3.8) is 0 Å². The second-order valence-corrected chi connectivity index (χ2v) is 5.02. The van der Waals surface area contributed by atoms with Crippen LogP contribution in [0.25, 0.3) is 11.5 Å². The van der Waals surface area contributed by atoms with Gasteiger partial charge in [-0.3, -0.25) is 10.2 Å². The lowest BCUT2D eigenvalue weighted by Gasteiger charge is -2.10. The van der Waals surface area contributed by atoms with Crippen LogP contribution in [0.1, 0.15) is 0 Å². The van der Waals surface area contributed by atoms with Gasteiger partial charge in [0.2, 0.25) is 11.8 Å². The Labute approximate surface area is 119 Å². The summed E-state index contributed by atoms with van der Waals surface area (Å²) in [7, 11) is 3.45. The van der Waals surface area contributed by atoms with Crippen molar-refractivity contribution in [2.45, 2.75) is 5.22 Å². The number of halogens is 1. The molecule has 106 valence electrons. The van der Waals surface area contributed by atoms with Gasteiger partial charge in [-0.05, 0) is 24.3 Å². The van der Waals surface area contributed by atoms with Crippen LogP contribution in [0.15, 0.2) is 33.9 Å². The maximum atomic E-state index is 12.8. The minimum absolute atomic E-state index is 0.165. The molecule has 0 radical (unpaired) electrons. The molecule has 0 bridgehead atoms. The van der Waals surface area contributed by atoms with Crippen LogP contribution in [-0.2, 0) is 4.79 Å². The van der Waals surface area contributed by atoms with Gasteiger partial charge in [-0.2, -0.15) is 0 Å². The van der Waals surface area contributed by atoms with Crippen LogP contribution in [0.5, 0.6) is 0 Å². The van der Waals surface area contributed by atoms with Crippen LogP contribution in [0.4, 0.5) is 4.39 Å². The van der Waals surface area contributed by atoms with Crippen molar-refractivity contribution in [1.29, 1.82) is 0 Å². The van der Waals surface area contributed by atoms with Gasteiger partial charge in [-0.25, -0.2) is 9.40 Å². The zero-order chi connectivity index (χ0) is 14.5. The summed E-state index contributed by atoms with van der Waals surface area (Å²) in [4.78, 5) is 11.4. The van der Waals surface area contributed by atoms with E-state index in [4.69, 9.17) is 4.42 Å². The van der Waals surface area contributed by atoms with Gasteiger partial charge in [0.15, 0.2) is 0 Å². The van der Waals surface area contributed by atoms with E-state index in [9.17, 15) is 9.18 Å². The third-order valence-corrected chi connectivity index (χ3v) is 2.99. The SMILES string of the molecule is CN(C)NC(=O)CSc1nnc(-c2ccc(F)cc2)o1. The van der Waals surface area contributed by atoms with E-state index in [2.05, 4.69) is 15.6 Å². The summed E-state index contributed by atoms with van der Waals surface area (Å²) >= 11 is 1.14. The van der Waals surface area contributed by atoms with Crippen molar-refractivity contribution in [3.05, 3.63) is 30.1 Å². The van der Waals surface area contributed by atoms with Gasteiger partial charge in [-0.1, -0.05) is 11.8 Å². The van der Waals surface area contributed by atoms with Crippen LogP contribution < -0.4 is 5.43 Å². The number of aromatic nitrogens is 2. The zero-order valence-corrected chi connectivity index (χ0v) is 11.8. The van der Waals surface area contributed by atoms with Crippen molar-refractivity contribution in [2.24, 2.45) is 0 Å². The van der Waals surface area contributed by atoms with Crippen molar-refractivity contribution >= 4 is 17.7 Å². The Bertz CT molecular complexity index is 585. The van der Waals surface area contributed by atoms with Gasteiger partial charge in [0, 0.05) is 19.7 Å². The quantitative estimate of drug-likeness (QED) is 0.667. The van der Waals surface area contributed by atoms with Crippen molar-refractivity contribution in [3.8, 4) is 11.5 Å². The van der Waals surface area contributed by atoms with E-state index in [-0.39, 0.29) is 17.5 Å². The zero-order valence-electron chi connectivity index (χ0n) is 11.0. The van der Waals surface area contributed by atoms with Crippen molar-refractivity contribution < 1.29 is 13.6 Å². The Hall–Kier alpha value is -1.93. The maximum absolute atomic E-state index is 12.8. The molecule has 20 heavy (non-hydrogen) atoms. The predicted octanol–water partition coefficient (Wildman–Crippen LogP) is 1.56. The molecule has 2 aromatic rings. The van der Waals surface area contributed by atoms with E-state index in [0.29, 0.717) is 16.7 Å². The van der Waals surface area contributed by atoms with Crippen LogP contribution >= 0.6 is 11.8 Å². The number of carbonyl (C=O) groups excluding carboxylic acids is 1. The fourth-order valence-electron chi connectivity index (χ4n) is 1.39. The largest absolute Gasteiger partial charge is 0.411 e. The molecular weight excluding hydrogens is 283 g/mol. The number of rotatable bonds is 5. The molecule has 6 nitrogen and oxygen atoms in total. The third-order valence-electron chi connectivity index (χ3n) is 2.17. The molecule has 1 heterocycles. The monoisotopic (exact) mass is 296 g/mol. The molecule has 8 heteroatoms. The Morgan fingerprint density at radius 2 is 2.05 bits per heavy atom. The molecular formula is C12H13FN4O2S. The van der Waals surface area contributed by atoms with E-state index in [1.165, 1.54) is 12.1 Å². The third kappa shape index (κ3) is 4.04. The molecule has 0 aliphatic rings. The maximum Gasteiger partial charge on any atom is 0.277 e. The van der Waals surface area contributed by atoms with E-state index < -0.39 is 0 Å². The smallest absolute Gasteiger partial charge is 0.277 e. The number of hydrazine groups is 1. The molecule has 0 atom stereocenters. The number of nitrogens with zero attached hydrogens (tertiary/aromatic N) is 3. The lowest BCUT2D eigenvalue weighted by Crippen LogP contribution is -2.37. The van der Waals surface area contributed by atoms with Crippen molar-refractivity contribution in [2.75, 3.05) is 19.8 Å². The molecule has 1 aromatic carbocycles. The number of thioether (sulfide) groups is 1. The summed E-state index contributed by atoms with van der Waals surface area (Å²) in [6, 6.07) is 5.74. The van der Waals surface area contributed by atoms with Crippen LogP contribution in [0, 0.1) is 5.82 Å². The lowest BCUT2D eigenvalue weighted by molar-refractivity contribution is -0.122. The normalized spacial score (nSPS) is 10.8. The molecule has 1 amide bonds. The summed E-state index contributed by atoms with van der Waals surface area (Å²) in [5.74, 6) is -0.0336. The summed E-state index contributed by atoms with van der Waals surface area (Å²) < 4.78 is 18.2. The fourth-order valence-corrected chi connectivity index (χ4v) is 1.94. The molecule has 0 spiro atoms. The molecule has 1 N–H and O–H groups in total. The molecule has 0 aliphatic heterocycles. The van der Waals surface area contributed by atoms with Crippen LogP contribution in [-0.4, -0.2) is 41.0 Å². The van der Waals surface area contributed by atoms with Gasteiger partial charge in [0.05, 0.1) is 5.75 Å². The summed E-state index contributed by atoms with van der Waals surface area (Å²) in [5, 5.41) is 9.52. The molecule has 0 saturated carbocycles. The average molecular weight is 296 g/mol. The van der Waals surface area contributed by atoms with Crippen LogP contribution in [0.2, 0.25) is 0 Å². The summed E-state index contributed by atoms with van der Waals surface area (Å²) in [6.07, 6.45) is 0. The second-order valence-electron chi connectivity index (χ2n) is 4.10. The Balaban J connectivity index is 1.95. The van der Waals surface area contributed by atoms with Gasteiger partial charge < -0.3 is 4.42 Å². The Morgan fingerprint density at radius 3 is 2.70 bits per heavy atom. The van der Waals surface area contributed by atoms with Gasteiger partial charge >= 0.3 is 0 Å². The summed E-state index contributed by atoms with van der Waals surface area (Å²) in [6.45, 7) is 0. The number of hydrogen-bond acceptors (Lipinski definition) is 6. The molecule has 0 fully saturated rings. The highest BCUT2D eigenvalue weighted by Gasteiger charge is 2.11. The van der Waals surface area contributed by atoms with Crippen molar-refractivity contribution in [1.82, 2.24) is 20.6 Å². The molecule has 0 aliphatic carbocycles. The first-order valence-electron chi connectivity index (χ1n) is 5.73. The van der Waals surface area contributed by atoms with Crippen LogP contribution in [0.3, 0.4) is 0 Å². The minimum atomic E-state index is -0.330. The predicted molar refractivity (Wildman–Crippen MR) is 72.2 cm³/mol. The highest BCUT2D eigenvalue weighted by molar-refractivity contribution is 7.99. The average Bonchev–Trinajstić information content (AvgIpc) is 2.85. The first-order chi connectivity index (χ1) is 9.54. The standard InChI is InChI=1S/C12H13FN4O2S/c1-17(2)16-10(18)7-20-12-15-14-11(19-12)8-3-5-9(13)6-4-8/h3-6H,7H2,1-2H3,(H,16,18). The fraction of sp³-hybridized carbons (Fsp3) is 0.250. The highest BCUT2D eigenvalue weighted by atomic mass is 32.2. The Morgan fingerprint density at radius 1 is 1.35 bits per heavy atom. The molecule has 1 aromatic heterocycles. The van der Waals surface area contributed by atoms with E-state index in [0.717, 1.165) is 11.8 Å². The number of carbonyl (C=O) groups is 1. The highest BCUT2D eigenvalue weighted by Crippen LogP contribution is 2.23. The second kappa shape index (κ2) is 6.49. The first kappa shape index (κ1) is 14.5. The van der Waals surface area contributed by atoms with Gasteiger partial charge in [-0.15, -0.1) is 10.2 Å².